The van der Waals surface area contributed by atoms with Crippen LogP contribution in [0.25, 0.3) is 0 Å². The topological polar surface area (TPSA) is 17.1 Å². The molecule has 52 valence electrons. The minimum Gasteiger partial charge on any atom is -0.295 e. The van der Waals surface area contributed by atoms with Gasteiger partial charge in [-0.25, -0.2) is 0 Å². The van der Waals surface area contributed by atoms with Crippen molar-refractivity contribution in [3.8, 4) is 0 Å². The predicted octanol–water partition coefficient (Wildman–Crippen LogP) is 2.32. The van der Waals surface area contributed by atoms with Crippen molar-refractivity contribution in [2.75, 3.05) is 0 Å². The van der Waals surface area contributed by atoms with Gasteiger partial charge in [0, 0.05) is 6.42 Å². The second-order valence-corrected chi connectivity index (χ2v) is 2.13. The van der Waals surface area contributed by atoms with Crippen molar-refractivity contribution in [3.05, 3.63) is 12.2 Å². The molecule has 0 bridgehead atoms. The summed E-state index contributed by atoms with van der Waals surface area (Å²) in [4.78, 5) is 10.9. The molecule has 0 saturated heterocycles. The Morgan fingerprint density at radius 1 is 1.44 bits per heavy atom. The quantitative estimate of drug-likeness (QED) is 0.528. The lowest BCUT2D eigenvalue weighted by Crippen LogP contribution is -1.98. The van der Waals surface area contributed by atoms with Crippen LogP contribution in [0.2, 0.25) is 0 Å². The molecule has 0 unspecified atom stereocenters. The maximum Gasteiger partial charge on any atom is 0.158 e. The van der Waals surface area contributed by atoms with Gasteiger partial charge in [0.05, 0.1) is 0 Å². The van der Waals surface area contributed by atoms with Crippen molar-refractivity contribution < 1.29 is 4.79 Å². The molecule has 1 heteroatoms. The molecular weight excluding hydrogens is 112 g/mol. The minimum atomic E-state index is 0.222. The molecular formula is C8H14O. The number of carbonyl (C=O) groups excluding carboxylic acids is 1. The Kier molecular flexibility index (Phi) is 4.02. The van der Waals surface area contributed by atoms with E-state index in [1.807, 2.05) is 13.8 Å². The van der Waals surface area contributed by atoms with Crippen molar-refractivity contribution in [1.29, 1.82) is 0 Å². The van der Waals surface area contributed by atoms with E-state index in [9.17, 15) is 4.79 Å². The van der Waals surface area contributed by atoms with Gasteiger partial charge in [-0.1, -0.05) is 20.4 Å². The molecule has 0 saturated carbocycles. The van der Waals surface area contributed by atoms with Crippen LogP contribution in [0, 0.1) is 0 Å². The second kappa shape index (κ2) is 4.30. The summed E-state index contributed by atoms with van der Waals surface area (Å²) in [6, 6.07) is 0. The zero-order valence-corrected chi connectivity index (χ0v) is 6.24. The van der Waals surface area contributed by atoms with Crippen LogP contribution in [-0.4, -0.2) is 5.78 Å². The lowest BCUT2D eigenvalue weighted by molar-refractivity contribution is -0.115. The molecule has 0 N–H and O–H groups in total. The van der Waals surface area contributed by atoms with Gasteiger partial charge in [0.2, 0.25) is 0 Å². The van der Waals surface area contributed by atoms with Gasteiger partial charge in [0.25, 0.3) is 0 Å². The lowest BCUT2D eigenvalue weighted by atomic mass is 10.1. The Morgan fingerprint density at radius 2 is 2.00 bits per heavy atom. The van der Waals surface area contributed by atoms with E-state index < -0.39 is 0 Å². The molecule has 9 heavy (non-hydrogen) atoms. The van der Waals surface area contributed by atoms with Crippen LogP contribution < -0.4 is 0 Å². The molecule has 0 spiro atoms. The molecule has 0 aliphatic rings. The van der Waals surface area contributed by atoms with E-state index in [1.54, 1.807) is 0 Å². The molecule has 0 aromatic carbocycles. The van der Waals surface area contributed by atoms with Crippen LogP contribution in [0.1, 0.15) is 33.1 Å². The Morgan fingerprint density at radius 3 is 2.33 bits per heavy atom. The Balaban J connectivity index is 3.60. The standard InChI is InChI=1S/C8H14O/c1-4-6-8(9)7(3)5-2/h3-6H2,1-2H3. The summed E-state index contributed by atoms with van der Waals surface area (Å²) < 4.78 is 0. The van der Waals surface area contributed by atoms with Gasteiger partial charge in [0.15, 0.2) is 5.78 Å². The normalized spacial score (nSPS) is 9.11. The molecule has 0 rings (SSSR count). The molecule has 0 heterocycles. The molecule has 1 nitrogen and oxygen atoms in total. The van der Waals surface area contributed by atoms with Crippen LogP contribution in [0.15, 0.2) is 12.2 Å². The number of ketones is 1. The first-order valence-electron chi connectivity index (χ1n) is 3.43. The maximum absolute atomic E-state index is 10.9. The first-order valence-corrected chi connectivity index (χ1v) is 3.43. The fourth-order valence-corrected chi connectivity index (χ4v) is 0.601. The van der Waals surface area contributed by atoms with E-state index in [2.05, 4.69) is 6.58 Å². The Hall–Kier alpha value is -0.590. The van der Waals surface area contributed by atoms with Gasteiger partial charge in [0.1, 0.15) is 0 Å². The number of allylic oxidation sites excluding steroid dienone is 1. The average molecular weight is 126 g/mol. The predicted molar refractivity (Wildman–Crippen MR) is 39.3 cm³/mol. The number of hydrogen-bond acceptors (Lipinski definition) is 1. The molecule has 0 aromatic rings. The summed E-state index contributed by atoms with van der Waals surface area (Å²) in [5, 5.41) is 0. The lowest BCUT2D eigenvalue weighted by Gasteiger charge is -1.96. The van der Waals surface area contributed by atoms with E-state index >= 15 is 0 Å². The molecule has 0 aromatic heterocycles. The highest BCUT2D eigenvalue weighted by Gasteiger charge is 2.01. The van der Waals surface area contributed by atoms with Crippen molar-refractivity contribution in [3.63, 3.8) is 0 Å². The van der Waals surface area contributed by atoms with Gasteiger partial charge < -0.3 is 0 Å². The Bertz CT molecular complexity index is 114. The van der Waals surface area contributed by atoms with Crippen molar-refractivity contribution in [1.82, 2.24) is 0 Å². The second-order valence-electron chi connectivity index (χ2n) is 2.13. The van der Waals surface area contributed by atoms with Crippen molar-refractivity contribution in [2.45, 2.75) is 33.1 Å². The zero-order chi connectivity index (χ0) is 7.28. The summed E-state index contributed by atoms with van der Waals surface area (Å²) in [5.74, 6) is 0.222. The summed E-state index contributed by atoms with van der Waals surface area (Å²) in [7, 11) is 0. The molecule has 0 aliphatic heterocycles. The van der Waals surface area contributed by atoms with Crippen LogP contribution in [0.4, 0.5) is 0 Å². The fourth-order valence-electron chi connectivity index (χ4n) is 0.601. The third-order valence-electron chi connectivity index (χ3n) is 1.30. The number of hydrogen-bond donors (Lipinski definition) is 0. The number of Topliss-reactive ketones (excluding diaryl/α,β-unsaturated/α-hetero) is 1. The highest BCUT2D eigenvalue weighted by atomic mass is 16.1. The van der Waals surface area contributed by atoms with Crippen LogP contribution in [0.3, 0.4) is 0 Å². The zero-order valence-electron chi connectivity index (χ0n) is 6.24. The van der Waals surface area contributed by atoms with Gasteiger partial charge in [-0.05, 0) is 18.4 Å². The van der Waals surface area contributed by atoms with Crippen LogP contribution in [0.5, 0.6) is 0 Å². The molecule has 0 aliphatic carbocycles. The van der Waals surface area contributed by atoms with Gasteiger partial charge in [-0.15, -0.1) is 0 Å². The van der Waals surface area contributed by atoms with E-state index in [0.29, 0.717) is 6.42 Å². The van der Waals surface area contributed by atoms with Crippen molar-refractivity contribution >= 4 is 5.78 Å². The molecule has 0 fully saturated rings. The number of rotatable bonds is 4. The third kappa shape index (κ3) is 3.07. The van der Waals surface area contributed by atoms with Crippen LogP contribution in [-0.2, 0) is 4.79 Å². The first-order chi connectivity index (χ1) is 4.22. The molecule has 0 atom stereocenters. The largest absolute Gasteiger partial charge is 0.295 e. The van der Waals surface area contributed by atoms with Crippen molar-refractivity contribution in [2.24, 2.45) is 0 Å². The summed E-state index contributed by atoms with van der Waals surface area (Å²) >= 11 is 0. The fraction of sp³-hybridized carbons (Fsp3) is 0.625. The van der Waals surface area contributed by atoms with Gasteiger partial charge in [-0.3, -0.25) is 4.79 Å². The highest BCUT2D eigenvalue weighted by Crippen LogP contribution is 2.02. The molecule has 0 amide bonds. The third-order valence-corrected chi connectivity index (χ3v) is 1.30. The first kappa shape index (κ1) is 8.41. The molecule has 0 radical (unpaired) electrons. The monoisotopic (exact) mass is 126 g/mol. The van der Waals surface area contributed by atoms with Gasteiger partial charge in [-0.2, -0.15) is 0 Å². The van der Waals surface area contributed by atoms with Gasteiger partial charge >= 0.3 is 0 Å². The summed E-state index contributed by atoms with van der Waals surface area (Å²) in [6.45, 7) is 7.60. The van der Waals surface area contributed by atoms with Crippen LogP contribution >= 0.6 is 0 Å². The summed E-state index contributed by atoms with van der Waals surface area (Å²) in [5.41, 5.74) is 0.761. The number of carbonyl (C=O) groups is 1. The SMILES string of the molecule is C=C(CC)C(=O)CCC. The Labute approximate surface area is 56.8 Å². The van der Waals surface area contributed by atoms with E-state index in [1.165, 1.54) is 0 Å². The smallest absolute Gasteiger partial charge is 0.158 e. The van der Waals surface area contributed by atoms with E-state index in [0.717, 1.165) is 18.4 Å². The minimum absolute atomic E-state index is 0.222. The summed E-state index contributed by atoms with van der Waals surface area (Å²) in [6.07, 6.45) is 2.38. The van der Waals surface area contributed by atoms with E-state index in [-0.39, 0.29) is 5.78 Å². The highest BCUT2D eigenvalue weighted by molar-refractivity contribution is 5.94. The maximum atomic E-state index is 10.9. The van der Waals surface area contributed by atoms with E-state index in [4.69, 9.17) is 0 Å². The average Bonchev–Trinajstić information content (AvgIpc) is 1.87.